The number of ether oxygens (including phenoxy) is 1. The lowest BCUT2D eigenvalue weighted by molar-refractivity contribution is -0.142. The topological polar surface area (TPSA) is 132 Å². The van der Waals surface area contributed by atoms with Crippen LogP contribution in [-0.4, -0.2) is 52.0 Å². The first-order chi connectivity index (χ1) is 17.9. The number of H-pyrrole nitrogens is 1. The van der Waals surface area contributed by atoms with Gasteiger partial charge in [-0.1, -0.05) is 17.3 Å². The summed E-state index contributed by atoms with van der Waals surface area (Å²) in [7, 11) is 1.54. The van der Waals surface area contributed by atoms with Gasteiger partial charge < -0.3 is 15.0 Å². The van der Waals surface area contributed by atoms with Gasteiger partial charge in [0.1, 0.15) is 17.4 Å². The van der Waals surface area contributed by atoms with E-state index in [1.165, 1.54) is 19.8 Å². The minimum atomic E-state index is -4.56. The number of aromatic amines is 1. The van der Waals surface area contributed by atoms with Crippen LogP contribution < -0.4 is 10.1 Å². The second-order valence-corrected chi connectivity index (χ2v) is 8.46. The molecular formula is C23H19F3N10O. The van der Waals surface area contributed by atoms with Crippen LogP contribution in [0, 0.1) is 0 Å². The zero-order valence-corrected chi connectivity index (χ0v) is 19.4. The van der Waals surface area contributed by atoms with E-state index in [0.29, 0.717) is 52.9 Å². The van der Waals surface area contributed by atoms with Crippen molar-refractivity contribution in [2.75, 3.05) is 12.4 Å². The van der Waals surface area contributed by atoms with E-state index in [1.807, 2.05) is 0 Å². The number of fused-ring (bicyclic) bond motifs is 1. The van der Waals surface area contributed by atoms with Crippen LogP contribution in [0.1, 0.15) is 35.7 Å². The molecule has 0 atom stereocenters. The van der Waals surface area contributed by atoms with Gasteiger partial charge in [0.25, 0.3) is 0 Å². The average Bonchev–Trinajstić information content (AvgIpc) is 3.41. The molecule has 1 aromatic carbocycles. The maximum atomic E-state index is 13.2. The summed E-state index contributed by atoms with van der Waals surface area (Å²) in [5, 5.41) is 10.2. The van der Waals surface area contributed by atoms with Crippen LogP contribution in [0.5, 0.6) is 5.88 Å². The first kappa shape index (κ1) is 22.8. The Morgan fingerprint density at radius 3 is 2.65 bits per heavy atom. The van der Waals surface area contributed by atoms with Crippen molar-refractivity contribution in [2.45, 2.75) is 31.5 Å². The SMILES string of the molecule is COc1ncnc(C2CC2)c1-c1nc(NCc2ccc(-n3nncc3C(F)(F)F)cc2)c2[nH]cnc2n1. The highest BCUT2D eigenvalue weighted by atomic mass is 19.4. The number of benzene rings is 1. The van der Waals surface area contributed by atoms with E-state index in [1.54, 1.807) is 24.3 Å². The van der Waals surface area contributed by atoms with Gasteiger partial charge >= 0.3 is 6.18 Å². The highest BCUT2D eigenvalue weighted by molar-refractivity contribution is 5.85. The van der Waals surface area contributed by atoms with E-state index >= 15 is 0 Å². The van der Waals surface area contributed by atoms with Crippen molar-refractivity contribution in [1.82, 2.24) is 44.9 Å². The third-order valence-electron chi connectivity index (χ3n) is 5.99. The van der Waals surface area contributed by atoms with Crippen molar-refractivity contribution in [1.29, 1.82) is 0 Å². The fraction of sp³-hybridized carbons (Fsp3) is 0.261. The summed E-state index contributed by atoms with van der Waals surface area (Å²) < 4.78 is 45.8. The maximum Gasteiger partial charge on any atom is 0.435 e. The molecule has 6 rings (SSSR count). The van der Waals surface area contributed by atoms with Gasteiger partial charge in [0.2, 0.25) is 5.88 Å². The summed E-state index contributed by atoms with van der Waals surface area (Å²) >= 11 is 0. The lowest BCUT2D eigenvalue weighted by Crippen LogP contribution is -2.13. The molecule has 4 aromatic heterocycles. The number of nitrogens with one attached hydrogen (secondary N) is 2. The van der Waals surface area contributed by atoms with Crippen molar-refractivity contribution in [2.24, 2.45) is 0 Å². The number of anilines is 1. The number of rotatable bonds is 7. The normalized spacial score (nSPS) is 13.7. The fourth-order valence-corrected chi connectivity index (χ4v) is 4.05. The highest BCUT2D eigenvalue weighted by Gasteiger charge is 2.36. The molecule has 1 aliphatic rings. The number of halogens is 3. The first-order valence-corrected chi connectivity index (χ1v) is 11.3. The molecule has 2 N–H and O–H groups in total. The molecule has 0 amide bonds. The van der Waals surface area contributed by atoms with Gasteiger partial charge in [-0.2, -0.15) is 13.2 Å². The number of aromatic nitrogens is 9. The highest BCUT2D eigenvalue weighted by Crippen LogP contribution is 2.45. The molecule has 1 fully saturated rings. The molecule has 188 valence electrons. The Hall–Kier alpha value is -4.62. The molecule has 37 heavy (non-hydrogen) atoms. The van der Waals surface area contributed by atoms with Crippen LogP contribution in [0.25, 0.3) is 28.2 Å². The summed E-state index contributed by atoms with van der Waals surface area (Å²) in [5.74, 6) is 1.59. The first-order valence-electron chi connectivity index (χ1n) is 11.3. The lowest BCUT2D eigenvalue weighted by Gasteiger charge is -2.13. The number of methoxy groups -OCH3 is 1. The standard InChI is InChI=1S/C23H19F3N10O/c1-37-22-16(17(13-4-5-13)28-11-31-22)19-33-20(18-21(34-19)30-10-29-18)27-8-12-2-6-14(7-3-12)36-15(9-32-35-36)23(24,25)26/h2-3,6-7,9-11,13H,4-5,8H2,1H3,(H2,27,29,30,33,34). The molecule has 0 bridgehead atoms. The van der Waals surface area contributed by atoms with Gasteiger partial charge in [-0.3, -0.25) is 0 Å². The Bertz CT molecular complexity index is 1570. The Labute approximate surface area is 207 Å². The molecule has 1 aliphatic carbocycles. The summed E-state index contributed by atoms with van der Waals surface area (Å²) in [6, 6.07) is 6.50. The number of hydrogen-bond donors (Lipinski definition) is 2. The summed E-state index contributed by atoms with van der Waals surface area (Å²) in [4.78, 5) is 25.4. The third kappa shape index (κ3) is 4.30. The van der Waals surface area contributed by atoms with Gasteiger partial charge in [-0.25, -0.2) is 29.6 Å². The van der Waals surface area contributed by atoms with E-state index in [2.05, 4.69) is 40.5 Å². The number of nitrogens with zero attached hydrogens (tertiary/aromatic N) is 8. The van der Waals surface area contributed by atoms with E-state index in [-0.39, 0.29) is 5.69 Å². The monoisotopic (exact) mass is 508 g/mol. The van der Waals surface area contributed by atoms with Crippen LogP contribution in [0.15, 0.2) is 43.1 Å². The van der Waals surface area contributed by atoms with Gasteiger partial charge in [0.15, 0.2) is 23.0 Å². The maximum absolute atomic E-state index is 13.2. The van der Waals surface area contributed by atoms with Crippen LogP contribution in [0.3, 0.4) is 0 Å². The molecule has 0 saturated heterocycles. The Kier molecular flexibility index (Phi) is 5.43. The predicted octanol–water partition coefficient (Wildman–Crippen LogP) is 3.91. The van der Waals surface area contributed by atoms with Gasteiger partial charge in [0.05, 0.1) is 31.0 Å². The number of alkyl halides is 3. The second-order valence-electron chi connectivity index (χ2n) is 8.46. The van der Waals surface area contributed by atoms with E-state index < -0.39 is 11.9 Å². The molecule has 11 nitrogen and oxygen atoms in total. The minimum Gasteiger partial charge on any atom is -0.480 e. The molecule has 5 aromatic rings. The molecule has 4 heterocycles. The van der Waals surface area contributed by atoms with E-state index in [0.717, 1.165) is 28.8 Å². The van der Waals surface area contributed by atoms with E-state index in [4.69, 9.17) is 9.72 Å². The molecule has 0 aliphatic heterocycles. The van der Waals surface area contributed by atoms with Crippen molar-refractivity contribution in [3.8, 4) is 23.0 Å². The van der Waals surface area contributed by atoms with Crippen LogP contribution in [0.2, 0.25) is 0 Å². The quantitative estimate of drug-likeness (QED) is 0.336. The zero-order valence-electron chi connectivity index (χ0n) is 19.4. The molecule has 0 radical (unpaired) electrons. The van der Waals surface area contributed by atoms with E-state index in [9.17, 15) is 13.2 Å². The smallest absolute Gasteiger partial charge is 0.435 e. The third-order valence-corrected chi connectivity index (χ3v) is 5.99. The Balaban J connectivity index is 1.30. The average molecular weight is 508 g/mol. The van der Waals surface area contributed by atoms with Crippen LogP contribution in [-0.2, 0) is 12.7 Å². The van der Waals surface area contributed by atoms with Crippen molar-refractivity contribution >= 4 is 17.0 Å². The van der Waals surface area contributed by atoms with Gasteiger partial charge in [-0.05, 0) is 30.5 Å². The predicted molar refractivity (Wildman–Crippen MR) is 125 cm³/mol. The Morgan fingerprint density at radius 2 is 1.92 bits per heavy atom. The van der Waals surface area contributed by atoms with Gasteiger partial charge in [0, 0.05) is 12.5 Å². The largest absolute Gasteiger partial charge is 0.480 e. The van der Waals surface area contributed by atoms with Crippen molar-refractivity contribution in [3.05, 3.63) is 60.1 Å². The summed E-state index contributed by atoms with van der Waals surface area (Å²) in [6.45, 7) is 0.340. The van der Waals surface area contributed by atoms with Crippen molar-refractivity contribution < 1.29 is 17.9 Å². The molecule has 1 saturated carbocycles. The molecule has 14 heteroatoms. The number of hydrogen-bond acceptors (Lipinski definition) is 9. The molecular weight excluding hydrogens is 489 g/mol. The molecule has 0 spiro atoms. The molecule has 0 unspecified atom stereocenters. The van der Waals surface area contributed by atoms with Gasteiger partial charge in [-0.15, -0.1) is 5.10 Å². The second kappa shape index (κ2) is 8.80. The van der Waals surface area contributed by atoms with Crippen molar-refractivity contribution in [3.63, 3.8) is 0 Å². The lowest BCUT2D eigenvalue weighted by atomic mass is 10.1. The number of imidazole rings is 1. The van der Waals surface area contributed by atoms with Crippen LogP contribution >= 0.6 is 0 Å². The minimum absolute atomic E-state index is 0.248. The Morgan fingerprint density at radius 1 is 1.11 bits per heavy atom. The fourth-order valence-electron chi connectivity index (χ4n) is 4.05. The summed E-state index contributed by atoms with van der Waals surface area (Å²) in [6.07, 6.45) is 1.19. The van der Waals surface area contributed by atoms with Crippen LogP contribution in [0.4, 0.5) is 19.0 Å². The zero-order chi connectivity index (χ0) is 25.6. The summed E-state index contributed by atoms with van der Waals surface area (Å²) in [5.41, 5.74) is 2.66.